The van der Waals surface area contributed by atoms with Gasteiger partial charge in [-0.2, -0.15) is 11.8 Å². The van der Waals surface area contributed by atoms with Crippen molar-refractivity contribution in [2.24, 2.45) is 0 Å². The van der Waals surface area contributed by atoms with E-state index in [0.717, 1.165) is 11.0 Å². The largest absolute Gasteiger partial charge is 0.312 e. The second-order valence-electron chi connectivity index (χ2n) is 5.38. The molecule has 0 fully saturated rings. The van der Waals surface area contributed by atoms with Crippen molar-refractivity contribution in [3.63, 3.8) is 0 Å². The molecule has 2 aromatic rings. The average molecular weight is 299 g/mol. The molecular formula is C19H25NS. The molecule has 112 valence electrons. The van der Waals surface area contributed by atoms with Crippen LogP contribution in [0.2, 0.25) is 0 Å². The maximum atomic E-state index is 3.44. The summed E-state index contributed by atoms with van der Waals surface area (Å²) < 4.78 is 0. The summed E-state index contributed by atoms with van der Waals surface area (Å²) in [4.78, 5) is 0. The predicted molar refractivity (Wildman–Crippen MR) is 95.9 cm³/mol. The van der Waals surface area contributed by atoms with Gasteiger partial charge in [-0.15, -0.1) is 0 Å². The average Bonchev–Trinajstić information content (AvgIpc) is 2.56. The van der Waals surface area contributed by atoms with Crippen molar-refractivity contribution < 1.29 is 0 Å². The molecule has 1 N–H and O–H groups in total. The number of hydrogen-bond acceptors (Lipinski definition) is 2. The van der Waals surface area contributed by atoms with Crippen LogP contribution in [0.3, 0.4) is 0 Å². The van der Waals surface area contributed by atoms with Crippen molar-refractivity contribution in [3.05, 3.63) is 60.2 Å². The van der Waals surface area contributed by atoms with Crippen LogP contribution in [0.1, 0.15) is 31.9 Å². The van der Waals surface area contributed by atoms with Crippen molar-refractivity contribution in [2.75, 3.05) is 12.8 Å². The second-order valence-corrected chi connectivity index (χ2v) is 6.85. The fraction of sp³-hybridized carbons (Fsp3) is 0.368. The van der Waals surface area contributed by atoms with E-state index in [1.54, 1.807) is 0 Å². The van der Waals surface area contributed by atoms with Crippen LogP contribution in [0.5, 0.6) is 0 Å². The Labute approximate surface area is 133 Å². The van der Waals surface area contributed by atoms with Gasteiger partial charge >= 0.3 is 0 Å². The van der Waals surface area contributed by atoms with Crippen LogP contribution in [0.25, 0.3) is 11.1 Å². The molecule has 0 aliphatic carbocycles. The van der Waals surface area contributed by atoms with E-state index in [0.29, 0.717) is 6.04 Å². The lowest BCUT2D eigenvalue weighted by atomic mass is 10.0. The zero-order valence-corrected chi connectivity index (χ0v) is 14.0. The summed E-state index contributed by atoms with van der Waals surface area (Å²) in [7, 11) is 2.05. The van der Waals surface area contributed by atoms with Crippen LogP contribution < -0.4 is 5.32 Å². The predicted octanol–water partition coefficient (Wildman–Crippen LogP) is 5.15. The number of rotatable bonds is 7. The molecular weight excluding hydrogens is 274 g/mol. The van der Waals surface area contributed by atoms with E-state index in [9.17, 15) is 0 Å². The standard InChI is InChI=1S/C19H25NS/c1-4-15(2)21-14-19(20-3)18-12-10-17(11-13-18)16-8-6-5-7-9-16/h5-13,15,19-20H,4,14H2,1-3H3. The highest BCUT2D eigenvalue weighted by atomic mass is 32.2. The SMILES string of the molecule is CCC(C)SCC(NC)c1ccc(-c2ccccc2)cc1. The van der Waals surface area contributed by atoms with E-state index in [2.05, 4.69) is 73.8 Å². The number of thioether (sulfide) groups is 1. The highest BCUT2D eigenvalue weighted by Gasteiger charge is 2.11. The monoisotopic (exact) mass is 299 g/mol. The third-order valence-electron chi connectivity index (χ3n) is 3.89. The molecule has 2 unspecified atom stereocenters. The molecule has 2 atom stereocenters. The lowest BCUT2D eigenvalue weighted by molar-refractivity contribution is 0.660. The van der Waals surface area contributed by atoms with E-state index in [1.165, 1.54) is 23.1 Å². The van der Waals surface area contributed by atoms with Gasteiger partial charge in [0.25, 0.3) is 0 Å². The maximum absolute atomic E-state index is 3.44. The fourth-order valence-corrected chi connectivity index (χ4v) is 3.38. The zero-order chi connectivity index (χ0) is 15.1. The Kier molecular flexibility index (Phi) is 6.34. The lowest BCUT2D eigenvalue weighted by Crippen LogP contribution is -2.19. The van der Waals surface area contributed by atoms with Gasteiger partial charge in [-0.1, -0.05) is 68.4 Å². The lowest BCUT2D eigenvalue weighted by Gasteiger charge is -2.19. The first-order valence-corrected chi connectivity index (χ1v) is 8.73. The summed E-state index contributed by atoms with van der Waals surface area (Å²) in [5, 5.41) is 4.16. The fourth-order valence-electron chi connectivity index (χ4n) is 2.26. The molecule has 0 heterocycles. The topological polar surface area (TPSA) is 12.0 Å². The Balaban J connectivity index is 2.06. The minimum Gasteiger partial charge on any atom is -0.312 e. The van der Waals surface area contributed by atoms with E-state index in [4.69, 9.17) is 0 Å². The minimum absolute atomic E-state index is 0.425. The van der Waals surface area contributed by atoms with Gasteiger partial charge in [0, 0.05) is 17.0 Å². The first kappa shape index (κ1) is 16.1. The van der Waals surface area contributed by atoms with Crippen LogP contribution in [0.4, 0.5) is 0 Å². The van der Waals surface area contributed by atoms with Crippen LogP contribution >= 0.6 is 11.8 Å². The van der Waals surface area contributed by atoms with Crippen LogP contribution in [-0.2, 0) is 0 Å². The Morgan fingerprint density at radius 2 is 1.57 bits per heavy atom. The van der Waals surface area contributed by atoms with E-state index in [1.807, 2.05) is 18.8 Å². The van der Waals surface area contributed by atoms with Gasteiger partial charge in [-0.25, -0.2) is 0 Å². The van der Waals surface area contributed by atoms with Crippen molar-refractivity contribution in [1.29, 1.82) is 0 Å². The van der Waals surface area contributed by atoms with Gasteiger partial charge in [0.05, 0.1) is 0 Å². The molecule has 2 heteroatoms. The molecule has 0 spiro atoms. The molecule has 0 saturated carbocycles. The Morgan fingerprint density at radius 1 is 0.952 bits per heavy atom. The number of benzene rings is 2. The van der Waals surface area contributed by atoms with Crippen LogP contribution in [0.15, 0.2) is 54.6 Å². The van der Waals surface area contributed by atoms with Crippen molar-refractivity contribution in [1.82, 2.24) is 5.32 Å². The summed E-state index contributed by atoms with van der Waals surface area (Å²) in [5.41, 5.74) is 3.93. The molecule has 0 bridgehead atoms. The molecule has 2 rings (SSSR count). The van der Waals surface area contributed by atoms with E-state index < -0.39 is 0 Å². The molecule has 0 radical (unpaired) electrons. The molecule has 0 aliphatic heterocycles. The molecule has 0 saturated heterocycles. The Hall–Kier alpha value is -1.25. The van der Waals surface area contributed by atoms with Gasteiger partial charge in [0.1, 0.15) is 0 Å². The third-order valence-corrected chi connectivity index (χ3v) is 5.32. The summed E-state index contributed by atoms with van der Waals surface area (Å²) in [6, 6.07) is 19.9. The summed E-state index contributed by atoms with van der Waals surface area (Å²) in [6.45, 7) is 4.55. The van der Waals surface area contributed by atoms with Gasteiger partial charge in [-0.05, 0) is 30.2 Å². The molecule has 2 aromatic carbocycles. The zero-order valence-electron chi connectivity index (χ0n) is 13.2. The molecule has 0 amide bonds. The van der Waals surface area contributed by atoms with Crippen molar-refractivity contribution in [3.8, 4) is 11.1 Å². The smallest absolute Gasteiger partial charge is 0.0409 e. The Bertz CT molecular complexity index is 521. The van der Waals surface area contributed by atoms with Gasteiger partial charge in [0.15, 0.2) is 0 Å². The number of hydrogen-bond donors (Lipinski definition) is 1. The Morgan fingerprint density at radius 3 is 2.14 bits per heavy atom. The van der Waals surface area contributed by atoms with Crippen molar-refractivity contribution in [2.45, 2.75) is 31.6 Å². The first-order chi connectivity index (χ1) is 10.2. The normalized spacial score (nSPS) is 13.9. The van der Waals surface area contributed by atoms with Gasteiger partial charge in [-0.3, -0.25) is 0 Å². The van der Waals surface area contributed by atoms with Crippen LogP contribution in [-0.4, -0.2) is 18.1 Å². The molecule has 1 nitrogen and oxygen atoms in total. The van der Waals surface area contributed by atoms with Crippen LogP contribution in [0, 0.1) is 0 Å². The maximum Gasteiger partial charge on any atom is 0.0409 e. The van der Waals surface area contributed by atoms with Gasteiger partial charge in [0.2, 0.25) is 0 Å². The first-order valence-electron chi connectivity index (χ1n) is 7.68. The molecule has 21 heavy (non-hydrogen) atoms. The van der Waals surface area contributed by atoms with Crippen molar-refractivity contribution >= 4 is 11.8 Å². The molecule has 0 aromatic heterocycles. The highest BCUT2D eigenvalue weighted by Crippen LogP contribution is 2.25. The third kappa shape index (κ3) is 4.62. The summed E-state index contributed by atoms with van der Waals surface area (Å²) in [6.07, 6.45) is 1.23. The minimum atomic E-state index is 0.425. The highest BCUT2D eigenvalue weighted by molar-refractivity contribution is 7.99. The summed E-state index contributed by atoms with van der Waals surface area (Å²) in [5.74, 6) is 1.12. The summed E-state index contributed by atoms with van der Waals surface area (Å²) >= 11 is 2.04. The quantitative estimate of drug-likeness (QED) is 0.759. The molecule has 0 aliphatic rings. The van der Waals surface area contributed by atoms with E-state index >= 15 is 0 Å². The number of nitrogens with one attached hydrogen (secondary N) is 1. The van der Waals surface area contributed by atoms with Gasteiger partial charge < -0.3 is 5.32 Å². The second kappa shape index (κ2) is 8.26. The van der Waals surface area contributed by atoms with E-state index in [-0.39, 0.29) is 0 Å².